The molecular weight excluding hydrogens is 319 g/mol. The van der Waals surface area contributed by atoms with Gasteiger partial charge in [0.15, 0.2) is 0 Å². The Hall–Kier alpha value is -2.82. The van der Waals surface area contributed by atoms with Gasteiger partial charge in [-0.05, 0) is 43.7 Å². The zero-order valence-electron chi connectivity index (χ0n) is 14.5. The van der Waals surface area contributed by atoms with Crippen molar-refractivity contribution < 1.29 is 13.6 Å². The predicted molar refractivity (Wildman–Crippen MR) is 95.7 cm³/mol. The van der Waals surface area contributed by atoms with Gasteiger partial charge in [-0.15, -0.1) is 0 Å². The SMILES string of the molecule is CC(NC(=O)N(C)C(C)c1cc2ccccc2o1)c1cccc(F)c1. The van der Waals surface area contributed by atoms with Crippen LogP contribution in [0.5, 0.6) is 0 Å². The van der Waals surface area contributed by atoms with Crippen LogP contribution in [0.4, 0.5) is 9.18 Å². The minimum Gasteiger partial charge on any atom is -0.459 e. The fourth-order valence-electron chi connectivity index (χ4n) is 2.72. The van der Waals surface area contributed by atoms with Gasteiger partial charge >= 0.3 is 6.03 Å². The molecule has 2 atom stereocenters. The van der Waals surface area contributed by atoms with E-state index in [1.165, 1.54) is 12.1 Å². The molecule has 0 aliphatic carbocycles. The van der Waals surface area contributed by atoms with Crippen LogP contribution >= 0.6 is 0 Å². The molecular formula is C20H21FN2O2. The molecule has 1 heterocycles. The fourth-order valence-corrected chi connectivity index (χ4v) is 2.72. The van der Waals surface area contributed by atoms with Gasteiger partial charge in [0.2, 0.25) is 0 Å². The number of halogens is 1. The van der Waals surface area contributed by atoms with Crippen LogP contribution in [-0.4, -0.2) is 18.0 Å². The van der Waals surface area contributed by atoms with Crippen LogP contribution in [-0.2, 0) is 0 Å². The number of nitrogens with one attached hydrogen (secondary N) is 1. The Kier molecular flexibility index (Phi) is 4.74. The Balaban J connectivity index is 1.70. The standard InChI is InChI=1S/C20H21FN2O2/c1-13(15-8-6-9-17(21)11-15)22-20(24)23(3)14(2)19-12-16-7-4-5-10-18(16)25-19/h4-14H,1-3H3,(H,22,24). The van der Waals surface area contributed by atoms with Gasteiger partial charge in [-0.2, -0.15) is 0 Å². The van der Waals surface area contributed by atoms with E-state index in [1.54, 1.807) is 24.1 Å². The monoisotopic (exact) mass is 340 g/mol. The number of hydrogen-bond donors (Lipinski definition) is 1. The number of nitrogens with zero attached hydrogens (tertiary/aromatic N) is 1. The number of furan rings is 1. The summed E-state index contributed by atoms with van der Waals surface area (Å²) in [6, 6.07) is 15.1. The number of carbonyl (C=O) groups excluding carboxylic acids is 1. The van der Waals surface area contributed by atoms with Gasteiger partial charge in [0.05, 0.1) is 12.1 Å². The van der Waals surface area contributed by atoms with Crippen molar-refractivity contribution in [2.75, 3.05) is 7.05 Å². The zero-order valence-corrected chi connectivity index (χ0v) is 14.5. The summed E-state index contributed by atoms with van der Waals surface area (Å²) in [5.41, 5.74) is 1.52. The summed E-state index contributed by atoms with van der Waals surface area (Å²) in [5, 5.41) is 3.89. The van der Waals surface area contributed by atoms with Gasteiger partial charge in [0.25, 0.3) is 0 Å². The molecule has 0 saturated heterocycles. The number of rotatable bonds is 4. The van der Waals surface area contributed by atoms with Crippen molar-refractivity contribution in [1.82, 2.24) is 10.2 Å². The average molecular weight is 340 g/mol. The zero-order chi connectivity index (χ0) is 18.0. The van der Waals surface area contributed by atoms with Gasteiger partial charge in [-0.3, -0.25) is 0 Å². The Bertz CT molecular complexity index is 857. The first-order valence-corrected chi connectivity index (χ1v) is 8.23. The second-order valence-corrected chi connectivity index (χ2v) is 6.20. The van der Waals surface area contributed by atoms with E-state index in [1.807, 2.05) is 44.2 Å². The molecule has 3 aromatic rings. The van der Waals surface area contributed by atoms with Crippen molar-refractivity contribution in [3.05, 3.63) is 71.7 Å². The number of amides is 2. The number of urea groups is 1. The first kappa shape index (κ1) is 17.0. The lowest BCUT2D eigenvalue weighted by Gasteiger charge is -2.26. The lowest BCUT2D eigenvalue weighted by Crippen LogP contribution is -2.39. The van der Waals surface area contributed by atoms with Crippen LogP contribution in [0.15, 0.2) is 59.0 Å². The maximum absolute atomic E-state index is 13.3. The number of hydrogen-bond acceptors (Lipinski definition) is 2. The summed E-state index contributed by atoms with van der Waals surface area (Å²) in [7, 11) is 1.71. The van der Waals surface area contributed by atoms with Gasteiger partial charge in [0.1, 0.15) is 17.2 Å². The number of benzene rings is 2. The van der Waals surface area contributed by atoms with E-state index in [0.29, 0.717) is 0 Å². The summed E-state index contributed by atoms with van der Waals surface area (Å²) >= 11 is 0. The highest BCUT2D eigenvalue weighted by molar-refractivity contribution is 5.78. The van der Waals surface area contributed by atoms with Gasteiger partial charge in [-0.25, -0.2) is 9.18 Å². The third kappa shape index (κ3) is 3.65. The molecule has 0 aliphatic heterocycles. The first-order chi connectivity index (χ1) is 12.0. The van der Waals surface area contributed by atoms with E-state index in [0.717, 1.165) is 22.3 Å². The minimum atomic E-state index is -0.317. The highest BCUT2D eigenvalue weighted by Gasteiger charge is 2.22. The largest absolute Gasteiger partial charge is 0.459 e. The van der Waals surface area contributed by atoms with Crippen LogP contribution in [0.2, 0.25) is 0 Å². The molecule has 25 heavy (non-hydrogen) atoms. The number of fused-ring (bicyclic) bond motifs is 1. The number of carbonyl (C=O) groups is 1. The third-order valence-corrected chi connectivity index (χ3v) is 4.45. The van der Waals surface area contributed by atoms with Crippen molar-refractivity contribution in [1.29, 1.82) is 0 Å². The Labute approximate surface area is 146 Å². The second-order valence-electron chi connectivity index (χ2n) is 6.20. The summed E-state index contributed by atoms with van der Waals surface area (Å²) in [6.07, 6.45) is 0. The van der Waals surface area contributed by atoms with Crippen molar-refractivity contribution in [3.8, 4) is 0 Å². The van der Waals surface area contributed by atoms with E-state index in [9.17, 15) is 9.18 Å². The van der Waals surface area contributed by atoms with E-state index >= 15 is 0 Å². The van der Waals surface area contributed by atoms with Gasteiger partial charge < -0.3 is 14.6 Å². The van der Waals surface area contributed by atoms with Gasteiger partial charge in [-0.1, -0.05) is 30.3 Å². The van der Waals surface area contributed by atoms with Crippen LogP contribution in [0.25, 0.3) is 11.0 Å². The van der Waals surface area contributed by atoms with E-state index < -0.39 is 0 Å². The molecule has 0 saturated carbocycles. The maximum atomic E-state index is 13.3. The maximum Gasteiger partial charge on any atom is 0.318 e. The van der Waals surface area contributed by atoms with Crippen molar-refractivity contribution in [2.24, 2.45) is 0 Å². The molecule has 2 unspecified atom stereocenters. The summed E-state index contributed by atoms with van der Waals surface area (Å²) < 4.78 is 19.2. The molecule has 0 aliphatic rings. The molecule has 1 aromatic heterocycles. The molecule has 0 radical (unpaired) electrons. The molecule has 130 valence electrons. The van der Waals surface area contributed by atoms with Gasteiger partial charge in [0, 0.05) is 12.4 Å². The molecule has 0 fully saturated rings. The highest BCUT2D eigenvalue weighted by atomic mass is 19.1. The highest BCUT2D eigenvalue weighted by Crippen LogP contribution is 2.27. The molecule has 0 spiro atoms. The Morgan fingerprint density at radius 3 is 2.60 bits per heavy atom. The molecule has 5 heteroatoms. The molecule has 0 bridgehead atoms. The smallest absolute Gasteiger partial charge is 0.318 e. The fraction of sp³-hybridized carbons (Fsp3) is 0.250. The van der Waals surface area contributed by atoms with Crippen LogP contribution in [0, 0.1) is 5.82 Å². The first-order valence-electron chi connectivity index (χ1n) is 8.23. The molecule has 4 nitrogen and oxygen atoms in total. The third-order valence-electron chi connectivity index (χ3n) is 4.45. The second kappa shape index (κ2) is 6.97. The summed E-state index contributed by atoms with van der Waals surface area (Å²) in [4.78, 5) is 14.1. The summed E-state index contributed by atoms with van der Waals surface area (Å²) in [6.45, 7) is 3.73. The lowest BCUT2D eigenvalue weighted by molar-refractivity contribution is 0.185. The van der Waals surface area contributed by atoms with Crippen LogP contribution < -0.4 is 5.32 Å². The van der Waals surface area contributed by atoms with E-state index in [2.05, 4.69) is 5.32 Å². The van der Waals surface area contributed by atoms with E-state index in [-0.39, 0.29) is 23.9 Å². The van der Waals surface area contributed by atoms with Crippen LogP contribution in [0.3, 0.4) is 0 Å². The minimum absolute atomic E-state index is 0.230. The Morgan fingerprint density at radius 2 is 1.88 bits per heavy atom. The quantitative estimate of drug-likeness (QED) is 0.723. The average Bonchev–Trinajstić information content (AvgIpc) is 3.04. The Morgan fingerprint density at radius 1 is 1.12 bits per heavy atom. The number of para-hydroxylation sites is 1. The molecule has 2 aromatic carbocycles. The lowest BCUT2D eigenvalue weighted by atomic mass is 10.1. The van der Waals surface area contributed by atoms with Crippen LogP contribution in [0.1, 0.15) is 37.3 Å². The van der Waals surface area contributed by atoms with Crippen molar-refractivity contribution in [2.45, 2.75) is 25.9 Å². The normalized spacial score (nSPS) is 13.4. The van der Waals surface area contributed by atoms with E-state index in [4.69, 9.17) is 4.42 Å². The molecule has 2 amide bonds. The van der Waals surface area contributed by atoms with Crippen molar-refractivity contribution >= 4 is 17.0 Å². The van der Waals surface area contributed by atoms with Crippen molar-refractivity contribution in [3.63, 3.8) is 0 Å². The molecule has 3 rings (SSSR count). The summed E-state index contributed by atoms with van der Waals surface area (Å²) in [5.74, 6) is 0.403. The predicted octanol–water partition coefficient (Wildman–Crippen LogP) is 5.04. The topological polar surface area (TPSA) is 45.5 Å². The molecule has 1 N–H and O–H groups in total.